The Hall–Kier alpha value is -1.47. The largest absolute Gasteiger partial charge is 0.493 e. The average Bonchev–Trinajstić information content (AvgIpc) is 3.59. The van der Waals surface area contributed by atoms with Gasteiger partial charge in [-0.3, -0.25) is 14.4 Å². The number of rotatable bonds is 8. The van der Waals surface area contributed by atoms with Crippen LogP contribution in [-0.2, 0) is 6.54 Å². The zero-order valence-electron chi connectivity index (χ0n) is 19.2. The third-order valence-corrected chi connectivity index (χ3v) is 8.13. The molecule has 4 nitrogen and oxygen atoms in total. The maximum Gasteiger partial charge on any atom is 0.264 e. The highest BCUT2D eigenvalue weighted by atomic mass is 35.5. The summed E-state index contributed by atoms with van der Waals surface area (Å²) in [6.45, 7) is 1.44. The van der Waals surface area contributed by atoms with E-state index in [-0.39, 0.29) is 5.56 Å². The van der Waals surface area contributed by atoms with Crippen molar-refractivity contribution >= 4 is 41.1 Å². The number of nitrogens with zero attached hydrogens (tertiary/aromatic N) is 1. The second-order valence-electron chi connectivity index (χ2n) is 9.76. The molecule has 3 aliphatic rings. The molecule has 2 saturated heterocycles. The number of fused-ring (bicyclic) bond motifs is 2. The van der Waals surface area contributed by atoms with Crippen LogP contribution in [0.25, 0.3) is 0 Å². The van der Waals surface area contributed by atoms with Gasteiger partial charge in [0.15, 0.2) is 0 Å². The number of halogens is 3. The molecule has 182 valence electrons. The van der Waals surface area contributed by atoms with Gasteiger partial charge in [-0.05, 0) is 85.8 Å². The Balaban J connectivity index is 1.24. The van der Waals surface area contributed by atoms with Gasteiger partial charge < -0.3 is 4.74 Å². The zero-order chi connectivity index (χ0) is 23.8. The molecule has 1 N–H and O–H groups in total. The number of hydrogen-bond acceptors (Lipinski definition) is 4. The Bertz CT molecular complexity index is 1050. The van der Waals surface area contributed by atoms with Gasteiger partial charge in [0, 0.05) is 41.0 Å². The number of hydrogen-bond donors (Lipinski definition) is 1. The predicted octanol–water partition coefficient (Wildman–Crippen LogP) is 6.84. The van der Waals surface area contributed by atoms with E-state index in [1.165, 1.54) is 30.9 Å². The third-order valence-electron chi connectivity index (χ3n) is 7.30. The van der Waals surface area contributed by atoms with Crippen molar-refractivity contribution in [1.29, 1.82) is 0 Å². The van der Waals surface area contributed by atoms with Gasteiger partial charge in [-0.25, -0.2) is 4.39 Å². The van der Waals surface area contributed by atoms with Gasteiger partial charge in [-0.15, -0.1) is 0 Å². The molecule has 34 heavy (non-hydrogen) atoms. The minimum absolute atomic E-state index is 0.0936. The monoisotopic (exact) mass is 522 g/mol. The fourth-order valence-electron chi connectivity index (χ4n) is 5.63. The molecule has 3 fully saturated rings. The van der Waals surface area contributed by atoms with Crippen LogP contribution in [0.2, 0.25) is 10.0 Å². The molecular formula is C26H29Cl2FN2O2S. The Labute approximate surface area is 214 Å². The van der Waals surface area contributed by atoms with E-state index in [0.29, 0.717) is 46.3 Å². The quantitative estimate of drug-likeness (QED) is 0.385. The summed E-state index contributed by atoms with van der Waals surface area (Å²) in [6, 6.07) is 9.90. The fourth-order valence-corrected chi connectivity index (χ4v) is 6.50. The van der Waals surface area contributed by atoms with Gasteiger partial charge >= 0.3 is 0 Å². The summed E-state index contributed by atoms with van der Waals surface area (Å²) in [7, 11) is 0. The summed E-state index contributed by atoms with van der Waals surface area (Å²) < 4.78 is 23.6. The van der Waals surface area contributed by atoms with Crippen LogP contribution in [0, 0.1) is 11.7 Å². The van der Waals surface area contributed by atoms with Gasteiger partial charge in [0.05, 0.1) is 12.2 Å². The maximum atomic E-state index is 14.7. The summed E-state index contributed by atoms with van der Waals surface area (Å²) in [6.07, 6.45) is 8.38. The minimum Gasteiger partial charge on any atom is -0.493 e. The highest BCUT2D eigenvalue weighted by molar-refractivity contribution is 7.97. The summed E-state index contributed by atoms with van der Waals surface area (Å²) in [5, 5.41) is 1.35. The van der Waals surface area contributed by atoms with Crippen LogP contribution in [0.4, 0.5) is 4.39 Å². The van der Waals surface area contributed by atoms with Gasteiger partial charge in [0.2, 0.25) is 0 Å². The summed E-state index contributed by atoms with van der Waals surface area (Å²) in [4.78, 5) is 14.8. The number of ether oxygens (including phenoxy) is 1. The van der Waals surface area contributed by atoms with E-state index in [1.54, 1.807) is 18.4 Å². The fraction of sp³-hybridized carbons (Fsp3) is 0.500. The standard InChI is InChI=1S/C26H29Cl2FN2O2S/c1-34-30-26(32)23-11-22(17-2-3-17)25(12-24(23)29)33-14-16-8-20-4-5-21(9-16)31(20)13-15-6-18(27)10-19(28)7-15/h6-7,10-12,16-17,20-21H,2-5,8-9,13-14H2,1H3,(H,30,32)/t16?,20-,21?/m0/s1. The molecule has 1 saturated carbocycles. The highest BCUT2D eigenvalue weighted by Crippen LogP contribution is 2.46. The molecule has 2 aliphatic heterocycles. The van der Waals surface area contributed by atoms with Crippen molar-refractivity contribution in [2.75, 3.05) is 12.9 Å². The molecule has 8 heteroatoms. The van der Waals surface area contributed by atoms with E-state index in [9.17, 15) is 9.18 Å². The molecule has 1 amide bonds. The van der Waals surface area contributed by atoms with Crippen molar-refractivity contribution in [3.8, 4) is 5.75 Å². The first-order valence-electron chi connectivity index (χ1n) is 11.9. The number of nitrogens with one attached hydrogen (secondary N) is 1. The first kappa shape index (κ1) is 24.2. The number of carbonyl (C=O) groups is 1. The molecule has 1 aliphatic carbocycles. The normalized spacial score (nSPS) is 24.3. The molecule has 0 spiro atoms. The number of piperidine rings is 1. The maximum absolute atomic E-state index is 14.7. The highest BCUT2D eigenvalue weighted by Gasteiger charge is 2.41. The lowest BCUT2D eigenvalue weighted by molar-refractivity contribution is 0.0735. The first-order chi connectivity index (χ1) is 16.4. The van der Waals surface area contributed by atoms with Crippen LogP contribution in [0.3, 0.4) is 0 Å². The van der Waals surface area contributed by atoms with Crippen molar-refractivity contribution in [3.63, 3.8) is 0 Å². The number of carbonyl (C=O) groups excluding carboxylic acids is 1. The number of amides is 1. The summed E-state index contributed by atoms with van der Waals surface area (Å²) >= 11 is 13.6. The molecule has 0 radical (unpaired) electrons. The van der Waals surface area contributed by atoms with Crippen LogP contribution < -0.4 is 9.46 Å². The van der Waals surface area contributed by atoms with E-state index >= 15 is 0 Å². The van der Waals surface area contributed by atoms with Crippen LogP contribution in [0.1, 0.15) is 65.9 Å². The average molecular weight is 524 g/mol. The van der Waals surface area contributed by atoms with E-state index in [1.807, 2.05) is 12.1 Å². The predicted molar refractivity (Wildman–Crippen MR) is 136 cm³/mol. The van der Waals surface area contributed by atoms with Crippen molar-refractivity contribution in [2.45, 2.75) is 63.1 Å². The molecule has 2 bridgehead atoms. The Morgan fingerprint density at radius 1 is 1.09 bits per heavy atom. The summed E-state index contributed by atoms with van der Waals surface area (Å²) in [5.41, 5.74) is 2.21. The lowest BCUT2D eigenvalue weighted by atomic mass is 9.91. The molecule has 3 atom stereocenters. The smallest absolute Gasteiger partial charge is 0.264 e. The van der Waals surface area contributed by atoms with Crippen LogP contribution in [0.15, 0.2) is 30.3 Å². The molecule has 2 aromatic rings. The van der Waals surface area contributed by atoms with Crippen molar-refractivity contribution in [1.82, 2.24) is 9.62 Å². The number of benzene rings is 2. The van der Waals surface area contributed by atoms with Crippen LogP contribution >= 0.6 is 35.1 Å². The van der Waals surface area contributed by atoms with Crippen molar-refractivity contribution in [2.24, 2.45) is 5.92 Å². The Kier molecular flexibility index (Phi) is 7.31. The van der Waals surface area contributed by atoms with E-state index in [4.69, 9.17) is 27.9 Å². The lowest BCUT2D eigenvalue weighted by Gasteiger charge is -2.39. The molecule has 2 aromatic carbocycles. The molecular weight excluding hydrogens is 494 g/mol. The first-order valence-corrected chi connectivity index (χ1v) is 13.9. The Morgan fingerprint density at radius 3 is 2.38 bits per heavy atom. The van der Waals surface area contributed by atoms with Crippen LogP contribution in [0.5, 0.6) is 5.75 Å². The van der Waals surface area contributed by atoms with E-state index in [2.05, 4.69) is 9.62 Å². The van der Waals surface area contributed by atoms with Gasteiger partial charge in [0.1, 0.15) is 11.6 Å². The van der Waals surface area contributed by atoms with Gasteiger partial charge in [0.25, 0.3) is 5.91 Å². The molecule has 2 heterocycles. The van der Waals surface area contributed by atoms with Gasteiger partial charge in [-0.2, -0.15) is 0 Å². The molecule has 0 aromatic heterocycles. The molecule has 2 unspecified atom stereocenters. The second kappa shape index (κ2) is 10.3. The molecule has 5 rings (SSSR count). The lowest BCUT2D eigenvalue weighted by Crippen LogP contribution is -2.43. The van der Waals surface area contributed by atoms with E-state index in [0.717, 1.165) is 43.4 Å². The SMILES string of the molecule is CSNC(=O)c1cc(C2CC2)c(OCC2CC3CC[C@@H](C2)N3Cc2cc(Cl)cc(Cl)c2)cc1F. The van der Waals surface area contributed by atoms with E-state index < -0.39 is 11.7 Å². The van der Waals surface area contributed by atoms with Gasteiger partial charge in [-0.1, -0.05) is 35.1 Å². The van der Waals surface area contributed by atoms with Crippen molar-refractivity contribution in [3.05, 3.63) is 62.9 Å². The van der Waals surface area contributed by atoms with Crippen molar-refractivity contribution < 1.29 is 13.9 Å². The Morgan fingerprint density at radius 2 is 1.76 bits per heavy atom. The summed E-state index contributed by atoms with van der Waals surface area (Å²) in [5.74, 6) is 0.471. The van der Waals surface area contributed by atoms with Crippen LogP contribution in [-0.4, -0.2) is 35.8 Å². The third kappa shape index (κ3) is 5.35. The second-order valence-corrected chi connectivity index (χ2v) is 11.2. The minimum atomic E-state index is -0.527. The zero-order valence-corrected chi connectivity index (χ0v) is 21.5. The topological polar surface area (TPSA) is 41.6 Å².